The number of H-pyrrole nitrogens is 1. The lowest BCUT2D eigenvalue weighted by atomic mass is 10.0. The van der Waals surface area contributed by atoms with E-state index in [2.05, 4.69) is 10.3 Å². The summed E-state index contributed by atoms with van der Waals surface area (Å²) < 4.78 is 0. The topological polar surface area (TPSA) is 68.4 Å². The molecule has 2 N–H and O–H groups in total. The van der Waals surface area contributed by atoms with Crippen LogP contribution in [0.25, 0.3) is 10.9 Å². The molecule has 0 saturated heterocycles. The molecule has 1 atom stereocenters. The number of fused-ring (bicyclic) bond motifs is 1. The zero-order valence-corrected chi connectivity index (χ0v) is 19.9. The van der Waals surface area contributed by atoms with Crippen LogP contribution in [0.5, 0.6) is 0 Å². The molecule has 2 aromatic heterocycles. The van der Waals surface area contributed by atoms with Crippen molar-refractivity contribution in [2.24, 2.45) is 0 Å². The fourth-order valence-electron chi connectivity index (χ4n) is 3.87. The number of amides is 2. The number of nitrogens with zero attached hydrogens (tertiary/aromatic N) is 2. The van der Waals surface area contributed by atoms with E-state index in [1.54, 1.807) is 18.0 Å². The molecular formula is C26H28N4O2S. The average Bonchev–Trinajstić information content (AvgIpc) is 3.49. The first-order valence-electron chi connectivity index (χ1n) is 10.8. The van der Waals surface area contributed by atoms with Crippen molar-refractivity contribution < 1.29 is 9.59 Å². The van der Waals surface area contributed by atoms with Gasteiger partial charge < -0.3 is 20.1 Å². The van der Waals surface area contributed by atoms with Crippen LogP contribution in [0.4, 0.5) is 5.69 Å². The SMILES string of the molecule is CN(Cc1ccc(N(C)C)cc1)C(=O)[C@H](Cc1c[nH]c2ccccc12)NC(=O)c1cccs1. The fourth-order valence-corrected chi connectivity index (χ4v) is 4.50. The molecule has 170 valence electrons. The van der Waals surface area contributed by atoms with Gasteiger partial charge in [0.15, 0.2) is 0 Å². The van der Waals surface area contributed by atoms with Crippen LogP contribution in [0.2, 0.25) is 0 Å². The maximum absolute atomic E-state index is 13.5. The van der Waals surface area contributed by atoms with E-state index in [4.69, 9.17) is 0 Å². The molecule has 0 aliphatic heterocycles. The van der Waals surface area contributed by atoms with Crippen molar-refractivity contribution in [2.75, 3.05) is 26.0 Å². The molecule has 0 fully saturated rings. The minimum atomic E-state index is -0.676. The van der Waals surface area contributed by atoms with Gasteiger partial charge in [-0.15, -0.1) is 11.3 Å². The third kappa shape index (κ3) is 5.26. The van der Waals surface area contributed by atoms with E-state index in [1.165, 1.54) is 11.3 Å². The molecular weight excluding hydrogens is 432 g/mol. The molecule has 0 spiro atoms. The number of carbonyl (C=O) groups is 2. The number of aromatic amines is 1. The summed E-state index contributed by atoms with van der Waals surface area (Å²) in [5.41, 5.74) is 4.15. The van der Waals surface area contributed by atoms with Gasteiger partial charge in [-0.3, -0.25) is 9.59 Å². The molecule has 0 saturated carbocycles. The van der Waals surface area contributed by atoms with Crippen molar-refractivity contribution in [1.82, 2.24) is 15.2 Å². The van der Waals surface area contributed by atoms with Gasteiger partial charge in [0.05, 0.1) is 4.88 Å². The number of likely N-dealkylation sites (N-methyl/N-ethyl adjacent to an activating group) is 1. The lowest BCUT2D eigenvalue weighted by Crippen LogP contribution is -2.48. The first kappa shape index (κ1) is 22.6. The molecule has 0 bridgehead atoms. The Morgan fingerprint density at radius 1 is 1.00 bits per heavy atom. The van der Waals surface area contributed by atoms with Gasteiger partial charge >= 0.3 is 0 Å². The van der Waals surface area contributed by atoms with E-state index >= 15 is 0 Å². The number of benzene rings is 2. The first-order chi connectivity index (χ1) is 15.9. The molecule has 2 amide bonds. The predicted molar refractivity (Wildman–Crippen MR) is 135 cm³/mol. The molecule has 0 unspecified atom stereocenters. The number of para-hydroxylation sites is 1. The van der Waals surface area contributed by atoms with Crippen LogP contribution >= 0.6 is 11.3 Å². The molecule has 2 heterocycles. The Kier molecular flexibility index (Phi) is 6.79. The summed E-state index contributed by atoms with van der Waals surface area (Å²) in [6.07, 6.45) is 2.33. The van der Waals surface area contributed by atoms with Crippen molar-refractivity contribution in [3.8, 4) is 0 Å². The van der Waals surface area contributed by atoms with Crippen LogP contribution in [-0.4, -0.2) is 48.9 Å². The number of aromatic nitrogens is 1. The van der Waals surface area contributed by atoms with E-state index in [9.17, 15) is 9.59 Å². The molecule has 0 aliphatic carbocycles. The largest absolute Gasteiger partial charge is 0.378 e. The van der Waals surface area contributed by atoms with Gasteiger partial charge in [-0.25, -0.2) is 0 Å². The molecule has 0 aliphatic rings. The van der Waals surface area contributed by atoms with Gasteiger partial charge in [-0.05, 0) is 40.8 Å². The number of hydrogen-bond acceptors (Lipinski definition) is 4. The maximum atomic E-state index is 13.5. The molecule has 6 nitrogen and oxygen atoms in total. The van der Waals surface area contributed by atoms with Crippen molar-refractivity contribution in [2.45, 2.75) is 19.0 Å². The minimum Gasteiger partial charge on any atom is -0.378 e. The zero-order chi connectivity index (χ0) is 23.4. The summed E-state index contributed by atoms with van der Waals surface area (Å²) in [5, 5.41) is 5.89. The number of rotatable bonds is 8. The Morgan fingerprint density at radius 3 is 2.45 bits per heavy atom. The van der Waals surface area contributed by atoms with Gasteiger partial charge in [-0.2, -0.15) is 0 Å². The highest BCUT2D eigenvalue weighted by molar-refractivity contribution is 7.12. The Morgan fingerprint density at radius 2 is 1.76 bits per heavy atom. The molecule has 0 radical (unpaired) electrons. The third-order valence-electron chi connectivity index (χ3n) is 5.70. The molecule has 2 aromatic carbocycles. The fraction of sp³-hybridized carbons (Fsp3) is 0.231. The van der Waals surface area contributed by atoms with E-state index in [0.717, 1.165) is 27.7 Å². The Balaban J connectivity index is 1.54. The van der Waals surface area contributed by atoms with Crippen LogP contribution in [0.1, 0.15) is 20.8 Å². The summed E-state index contributed by atoms with van der Waals surface area (Å²) in [5.74, 6) is -0.353. The van der Waals surface area contributed by atoms with Crippen LogP contribution in [-0.2, 0) is 17.8 Å². The lowest BCUT2D eigenvalue weighted by Gasteiger charge is -2.25. The molecule has 4 rings (SSSR count). The lowest BCUT2D eigenvalue weighted by molar-refractivity contribution is -0.132. The third-order valence-corrected chi connectivity index (χ3v) is 6.56. The Labute approximate surface area is 197 Å². The van der Waals surface area contributed by atoms with Gasteiger partial charge in [-0.1, -0.05) is 36.4 Å². The summed E-state index contributed by atoms with van der Waals surface area (Å²) in [6, 6.07) is 19.0. The number of thiophene rings is 1. The average molecular weight is 461 g/mol. The highest BCUT2D eigenvalue weighted by Gasteiger charge is 2.26. The quantitative estimate of drug-likeness (QED) is 0.412. The van der Waals surface area contributed by atoms with Crippen molar-refractivity contribution >= 4 is 39.7 Å². The minimum absolute atomic E-state index is 0.123. The standard InChI is InChI=1S/C26H28N4O2S/c1-29(2)20-12-10-18(11-13-20)17-30(3)26(32)23(28-25(31)24-9-6-14-33-24)15-19-16-27-22-8-5-4-7-21(19)22/h4-14,16,23,27H,15,17H2,1-3H3,(H,28,31)/t23-/m0/s1. The van der Waals surface area contributed by atoms with Crippen LogP contribution in [0.15, 0.2) is 72.2 Å². The summed E-state index contributed by atoms with van der Waals surface area (Å²) >= 11 is 1.36. The molecule has 7 heteroatoms. The van der Waals surface area contributed by atoms with E-state index in [0.29, 0.717) is 17.8 Å². The number of anilines is 1. The normalized spacial score (nSPS) is 11.8. The Bertz CT molecular complexity index is 1230. The predicted octanol–water partition coefficient (Wildman–Crippen LogP) is 4.30. The van der Waals surface area contributed by atoms with E-state index in [1.807, 2.05) is 85.2 Å². The van der Waals surface area contributed by atoms with Crippen LogP contribution < -0.4 is 10.2 Å². The smallest absolute Gasteiger partial charge is 0.262 e. The number of nitrogens with one attached hydrogen (secondary N) is 2. The second-order valence-electron chi connectivity index (χ2n) is 8.32. The van der Waals surface area contributed by atoms with Gasteiger partial charge in [0.25, 0.3) is 5.91 Å². The van der Waals surface area contributed by atoms with Crippen molar-refractivity contribution in [3.05, 3.63) is 88.2 Å². The van der Waals surface area contributed by atoms with Crippen molar-refractivity contribution in [3.63, 3.8) is 0 Å². The summed E-state index contributed by atoms with van der Waals surface area (Å²) in [6.45, 7) is 0.464. The first-order valence-corrected chi connectivity index (χ1v) is 11.7. The van der Waals surface area contributed by atoms with Crippen LogP contribution in [0.3, 0.4) is 0 Å². The van der Waals surface area contributed by atoms with Gasteiger partial charge in [0.1, 0.15) is 6.04 Å². The number of hydrogen-bond donors (Lipinski definition) is 2. The summed E-state index contributed by atoms with van der Waals surface area (Å²) in [4.78, 5) is 33.9. The highest BCUT2D eigenvalue weighted by Crippen LogP contribution is 2.21. The Hall–Kier alpha value is -3.58. The van der Waals surface area contributed by atoms with Gasteiger partial charge in [0.2, 0.25) is 5.91 Å². The van der Waals surface area contributed by atoms with Gasteiger partial charge in [0, 0.05) is 56.9 Å². The maximum Gasteiger partial charge on any atom is 0.262 e. The summed E-state index contributed by atoms with van der Waals surface area (Å²) in [7, 11) is 5.77. The second kappa shape index (κ2) is 9.92. The van der Waals surface area contributed by atoms with E-state index < -0.39 is 6.04 Å². The molecule has 33 heavy (non-hydrogen) atoms. The van der Waals surface area contributed by atoms with Crippen molar-refractivity contribution in [1.29, 1.82) is 0 Å². The molecule has 4 aromatic rings. The number of carbonyl (C=O) groups excluding carboxylic acids is 2. The van der Waals surface area contributed by atoms with Crippen LogP contribution in [0, 0.1) is 0 Å². The second-order valence-corrected chi connectivity index (χ2v) is 9.27. The highest BCUT2D eigenvalue weighted by atomic mass is 32.1. The zero-order valence-electron chi connectivity index (χ0n) is 19.0. The monoisotopic (exact) mass is 460 g/mol. The van der Waals surface area contributed by atoms with E-state index in [-0.39, 0.29) is 11.8 Å².